The second-order valence-corrected chi connectivity index (χ2v) is 5.68. The van der Waals surface area contributed by atoms with Gasteiger partial charge in [-0.3, -0.25) is 0 Å². The number of benzene rings is 1. The van der Waals surface area contributed by atoms with Crippen LogP contribution in [0.15, 0.2) is 18.2 Å². The second-order valence-electron chi connectivity index (χ2n) is 5.68. The molecule has 0 saturated heterocycles. The maximum atomic E-state index is 9.57. The van der Waals surface area contributed by atoms with Crippen molar-refractivity contribution in [1.29, 1.82) is 5.26 Å². The van der Waals surface area contributed by atoms with Crippen molar-refractivity contribution in [2.45, 2.75) is 32.2 Å². The number of allylic oxidation sites excluding steroid dienone is 1. The van der Waals surface area contributed by atoms with Crippen molar-refractivity contribution < 1.29 is 9.47 Å². The number of ether oxygens (including phenoxy) is 2. The van der Waals surface area contributed by atoms with Crippen LogP contribution in [0.5, 0.6) is 11.5 Å². The molecule has 0 atom stereocenters. The topological polar surface area (TPSA) is 73.0 Å². The van der Waals surface area contributed by atoms with Crippen LogP contribution in [0, 0.1) is 11.3 Å². The minimum atomic E-state index is 0.241. The summed E-state index contributed by atoms with van der Waals surface area (Å²) in [6.45, 7) is 1.11. The minimum Gasteiger partial charge on any atom is -0.454 e. The van der Waals surface area contributed by atoms with Crippen LogP contribution >= 0.6 is 0 Å². The summed E-state index contributed by atoms with van der Waals surface area (Å²) in [6, 6.07) is 7.89. The van der Waals surface area contributed by atoms with E-state index in [2.05, 4.69) is 20.8 Å². The van der Waals surface area contributed by atoms with Gasteiger partial charge >= 0.3 is 0 Å². The maximum absolute atomic E-state index is 9.57. The van der Waals surface area contributed by atoms with Crippen LogP contribution in [0.4, 0.5) is 0 Å². The van der Waals surface area contributed by atoms with Crippen molar-refractivity contribution in [3.8, 4) is 17.6 Å². The summed E-state index contributed by atoms with van der Waals surface area (Å²) in [6.07, 6.45) is 6.17. The van der Waals surface area contributed by atoms with Crippen LogP contribution in [0.1, 0.15) is 36.5 Å². The predicted molar refractivity (Wildman–Crippen MR) is 83.6 cm³/mol. The van der Waals surface area contributed by atoms with Gasteiger partial charge < -0.3 is 14.0 Å². The first-order valence-corrected chi connectivity index (χ1v) is 7.79. The van der Waals surface area contributed by atoms with Crippen molar-refractivity contribution in [3.63, 3.8) is 0 Å². The highest BCUT2D eigenvalue weighted by molar-refractivity contribution is 5.87. The summed E-state index contributed by atoms with van der Waals surface area (Å²) >= 11 is 0. The standard InChI is InChI=1S/C17H16N4O2/c18-10-13(8-12-5-6-14-15(9-12)23-11-22-14)17-20-19-16-4-2-1-3-7-21(16)17/h5-6,8-9H,1-4,7,11H2/b13-8-. The van der Waals surface area contributed by atoms with Crippen LogP contribution in [0.2, 0.25) is 0 Å². The molecule has 23 heavy (non-hydrogen) atoms. The second kappa shape index (κ2) is 5.76. The van der Waals surface area contributed by atoms with Gasteiger partial charge in [0.1, 0.15) is 11.9 Å². The van der Waals surface area contributed by atoms with Gasteiger partial charge in [-0.2, -0.15) is 5.26 Å². The van der Waals surface area contributed by atoms with E-state index in [0.29, 0.717) is 17.1 Å². The molecule has 6 nitrogen and oxygen atoms in total. The normalized spacial score (nSPS) is 16.6. The molecule has 0 N–H and O–H groups in total. The lowest BCUT2D eigenvalue weighted by atomic mass is 10.1. The first kappa shape index (κ1) is 13.8. The fraction of sp³-hybridized carbons (Fsp3) is 0.353. The van der Waals surface area contributed by atoms with E-state index in [1.54, 1.807) is 0 Å². The fourth-order valence-electron chi connectivity index (χ4n) is 3.00. The van der Waals surface area contributed by atoms with Crippen LogP contribution in [0.25, 0.3) is 11.6 Å². The summed E-state index contributed by atoms with van der Waals surface area (Å²) in [4.78, 5) is 0. The zero-order valence-electron chi connectivity index (χ0n) is 12.7. The van der Waals surface area contributed by atoms with Gasteiger partial charge in [0.05, 0.1) is 5.57 Å². The highest BCUT2D eigenvalue weighted by Gasteiger charge is 2.18. The van der Waals surface area contributed by atoms with Crippen molar-refractivity contribution in [2.75, 3.05) is 6.79 Å². The Kier molecular flexibility index (Phi) is 3.46. The summed E-state index contributed by atoms with van der Waals surface area (Å²) in [5, 5.41) is 18.1. The van der Waals surface area contributed by atoms with Crippen molar-refractivity contribution in [3.05, 3.63) is 35.4 Å². The molecule has 0 bridgehead atoms. The van der Waals surface area contributed by atoms with Gasteiger partial charge in [-0.05, 0) is 36.6 Å². The van der Waals surface area contributed by atoms with E-state index in [0.717, 1.165) is 42.9 Å². The van der Waals surface area contributed by atoms with Gasteiger partial charge in [0.15, 0.2) is 17.3 Å². The Morgan fingerprint density at radius 3 is 3.00 bits per heavy atom. The van der Waals surface area contributed by atoms with Gasteiger partial charge in [0, 0.05) is 13.0 Å². The molecule has 0 amide bonds. The number of fused-ring (bicyclic) bond motifs is 2. The molecule has 6 heteroatoms. The molecule has 2 aliphatic rings. The molecule has 3 heterocycles. The number of hydrogen-bond donors (Lipinski definition) is 0. The Morgan fingerprint density at radius 2 is 2.09 bits per heavy atom. The van der Waals surface area contributed by atoms with Crippen molar-refractivity contribution >= 4 is 11.6 Å². The first-order chi connectivity index (χ1) is 11.3. The number of nitrogens with zero attached hydrogens (tertiary/aromatic N) is 4. The molecule has 116 valence electrons. The Bertz CT molecular complexity index is 816. The largest absolute Gasteiger partial charge is 0.454 e. The SMILES string of the molecule is N#C/C(=C/c1ccc2c(c1)OCO2)c1nnc2n1CCCCC2. The van der Waals surface area contributed by atoms with Gasteiger partial charge in [0.2, 0.25) is 6.79 Å². The van der Waals surface area contributed by atoms with Gasteiger partial charge in [-0.15, -0.1) is 10.2 Å². The molecule has 1 aromatic heterocycles. The highest BCUT2D eigenvalue weighted by atomic mass is 16.7. The number of nitriles is 1. The molecule has 0 radical (unpaired) electrons. The van der Waals surface area contributed by atoms with Gasteiger partial charge in [-0.25, -0.2) is 0 Å². The van der Waals surface area contributed by atoms with Crippen molar-refractivity contribution in [2.24, 2.45) is 0 Å². The molecule has 0 unspecified atom stereocenters. The Labute approximate surface area is 134 Å². The highest BCUT2D eigenvalue weighted by Crippen LogP contribution is 2.33. The molecule has 2 aliphatic heterocycles. The summed E-state index contributed by atoms with van der Waals surface area (Å²) < 4.78 is 12.8. The van der Waals surface area contributed by atoms with Crippen LogP contribution in [-0.4, -0.2) is 21.6 Å². The number of aryl methyl sites for hydroxylation is 1. The molecule has 0 fully saturated rings. The van der Waals surface area contributed by atoms with E-state index in [1.165, 1.54) is 6.42 Å². The van der Waals surface area contributed by atoms with E-state index in [-0.39, 0.29) is 6.79 Å². The molecule has 0 aliphatic carbocycles. The van der Waals surface area contributed by atoms with Crippen molar-refractivity contribution in [1.82, 2.24) is 14.8 Å². The molecule has 4 rings (SSSR count). The molecule has 0 spiro atoms. The number of hydrogen-bond acceptors (Lipinski definition) is 5. The lowest BCUT2D eigenvalue weighted by Gasteiger charge is -2.06. The lowest BCUT2D eigenvalue weighted by molar-refractivity contribution is 0.174. The Hall–Kier alpha value is -2.81. The smallest absolute Gasteiger partial charge is 0.231 e. The third-order valence-electron chi connectivity index (χ3n) is 4.18. The number of aromatic nitrogens is 3. The maximum Gasteiger partial charge on any atom is 0.231 e. The average molecular weight is 308 g/mol. The first-order valence-electron chi connectivity index (χ1n) is 7.79. The third kappa shape index (κ3) is 2.55. The summed E-state index contributed by atoms with van der Waals surface area (Å²) in [7, 11) is 0. The van der Waals surface area contributed by atoms with Gasteiger partial charge in [0.25, 0.3) is 0 Å². The lowest BCUT2D eigenvalue weighted by Crippen LogP contribution is -2.05. The van der Waals surface area contributed by atoms with E-state index in [4.69, 9.17) is 9.47 Å². The zero-order valence-corrected chi connectivity index (χ0v) is 12.7. The van der Waals surface area contributed by atoms with E-state index >= 15 is 0 Å². The van der Waals surface area contributed by atoms with Crippen LogP contribution < -0.4 is 9.47 Å². The van der Waals surface area contributed by atoms with Crippen LogP contribution in [0.3, 0.4) is 0 Å². The predicted octanol–water partition coefficient (Wildman–Crippen LogP) is 2.80. The van der Waals surface area contributed by atoms with Gasteiger partial charge in [-0.1, -0.05) is 12.5 Å². The molecular formula is C17H16N4O2. The zero-order chi connectivity index (χ0) is 15.6. The minimum absolute atomic E-state index is 0.241. The molecular weight excluding hydrogens is 292 g/mol. The van der Waals surface area contributed by atoms with E-state index in [1.807, 2.05) is 24.3 Å². The summed E-state index contributed by atoms with van der Waals surface area (Å²) in [5.41, 5.74) is 1.40. The number of rotatable bonds is 2. The Morgan fingerprint density at radius 1 is 1.17 bits per heavy atom. The monoisotopic (exact) mass is 308 g/mol. The third-order valence-corrected chi connectivity index (χ3v) is 4.18. The molecule has 0 saturated carbocycles. The quantitative estimate of drug-likeness (QED) is 0.798. The molecule has 2 aromatic rings. The van der Waals surface area contributed by atoms with Crippen LogP contribution in [-0.2, 0) is 13.0 Å². The van der Waals surface area contributed by atoms with E-state index in [9.17, 15) is 5.26 Å². The van der Waals surface area contributed by atoms with E-state index < -0.39 is 0 Å². The fourth-order valence-corrected chi connectivity index (χ4v) is 3.00. The molecule has 1 aromatic carbocycles. The Balaban J connectivity index is 1.72. The summed E-state index contributed by atoms with van der Waals surface area (Å²) in [5.74, 6) is 3.07. The average Bonchev–Trinajstić information content (AvgIpc) is 3.13.